The molecule has 20 heavy (non-hydrogen) atoms. The quantitative estimate of drug-likeness (QED) is 0.938. The molecular weight excluding hydrogens is 290 g/mol. The Labute approximate surface area is 118 Å². The van der Waals surface area contributed by atoms with Crippen molar-refractivity contribution in [3.05, 3.63) is 53.3 Å². The second kappa shape index (κ2) is 6.29. The van der Waals surface area contributed by atoms with Gasteiger partial charge in [-0.25, -0.2) is 0 Å². The Kier molecular flexibility index (Phi) is 4.47. The minimum Gasteiger partial charge on any atom is -0.433 e. The zero-order valence-electron chi connectivity index (χ0n) is 10.0. The summed E-state index contributed by atoms with van der Waals surface area (Å²) in [4.78, 5) is 15.7. The van der Waals surface area contributed by atoms with Crippen LogP contribution in [0.5, 0.6) is 5.75 Å². The zero-order valence-corrected chi connectivity index (χ0v) is 10.8. The SMILES string of the molecule is O=C(Nc1ccc(OC(F)F)c(Cl)c1)c1ccncc1. The predicted molar refractivity (Wildman–Crippen MR) is 70.3 cm³/mol. The molecule has 1 heterocycles. The molecule has 2 aromatic rings. The summed E-state index contributed by atoms with van der Waals surface area (Å²) in [5.74, 6) is -0.505. The van der Waals surface area contributed by atoms with Gasteiger partial charge >= 0.3 is 6.61 Å². The highest BCUT2D eigenvalue weighted by molar-refractivity contribution is 6.32. The number of ether oxygens (including phenoxy) is 1. The van der Waals surface area contributed by atoms with E-state index in [2.05, 4.69) is 15.0 Å². The van der Waals surface area contributed by atoms with Crippen molar-refractivity contribution >= 4 is 23.2 Å². The van der Waals surface area contributed by atoms with Crippen LogP contribution in [0, 0.1) is 0 Å². The van der Waals surface area contributed by atoms with Gasteiger partial charge in [-0.15, -0.1) is 0 Å². The number of carbonyl (C=O) groups is 1. The highest BCUT2D eigenvalue weighted by Gasteiger charge is 2.11. The smallest absolute Gasteiger partial charge is 0.387 e. The number of halogens is 3. The lowest BCUT2D eigenvalue weighted by Crippen LogP contribution is -2.12. The van der Waals surface area contributed by atoms with Crippen LogP contribution in [0.3, 0.4) is 0 Å². The maximum absolute atomic E-state index is 12.1. The number of hydrogen-bond donors (Lipinski definition) is 1. The number of anilines is 1. The zero-order chi connectivity index (χ0) is 14.5. The molecule has 7 heteroatoms. The van der Waals surface area contributed by atoms with Gasteiger partial charge in [0.05, 0.1) is 5.02 Å². The average molecular weight is 299 g/mol. The number of hydrogen-bond acceptors (Lipinski definition) is 3. The molecule has 0 atom stereocenters. The van der Waals surface area contributed by atoms with Crippen LogP contribution in [0.2, 0.25) is 5.02 Å². The summed E-state index contributed by atoms with van der Waals surface area (Å²) in [6, 6.07) is 7.11. The molecule has 1 N–H and O–H groups in total. The van der Waals surface area contributed by atoms with Crippen LogP contribution >= 0.6 is 11.6 Å². The number of benzene rings is 1. The number of rotatable bonds is 4. The van der Waals surface area contributed by atoms with E-state index in [1.807, 2.05) is 0 Å². The fourth-order valence-corrected chi connectivity index (χ4v) is 1.70. The molecule has 0 aliphatic heterocycles. The summed E-state index contributed by atoms with van der Waals surface area (Å²) < 4.78 is 28.4. The molecule has 0 radical (unpaired) electrons. The first kappa shape index (κ1) is 14.2. The first-order chi connectivity index (χ1) is 9.56. The molecule has 1 aromatic carbocycles. The molecule has 0 bridgehead atoms. The number of nitrogens with one attached hydrogen (secondary N) is 1. The highest BCUT2D eigenvalue weighted by atomic mass is 35.5. The number of carbonyl (C=O) groups excluding carboxylic acids is 1. The van der Waals surface area contributed by atoms with E-state index >= 15 is 0 Å². The number of pyridine rings is 1. The lowest BCUT2D eigenvalue weighted by Gasteiger charge is -2.09. The summed E-state index contributed by atoms with van der Waals surface area (Å²) in [6.07, 6.45) is 2.98. The van der Waals surface area contributed by atoms with Crippen LogP contribution in [-0.4, -0.2) is 17.5 Å². The second-order valence-electron chi connectivity index (χ2n) is 3.71. The van der Waals surface area contributed by atoms with Crippen LogP contribution in [0.1, 0.15) is 10.4 Å². The maximum atomic E-state index is 12.1. The fraction of sp³-hybridized carbons (Fsp3) is 0.0769. The Morgan fingerprint density at radius 2 is 1.95 bits per heavy atom. The normalized spacial score (nSPS) is 10.4. The molecule has 0 spiro atoms. The fourth-order valence-electron chi connectivity index (χ4n) is 1.48. The molecular formula is C13H9ClF2N2O2. The van der Waals surface area contributed by atoms with E-state index in [0.717, 1.165) is 0 Å². The van der Waals surface area contributed by atoms with Crippen molar-refractivity contribution in [1.29, 1.82) is 0 Å². The van der Waals surface area contributed by atoms with Crippen LogP contribution in [-0.2, 0) is 0 Å². The van der Waals surface area contributed by atoms with Crippen molar-refractivity contribution in [1.82, 2.24) is 4.98 Å². The Morgan fingerprint density at radius 3 is 2.55 bits per heavy atom. The third-order valence-corrected chi connectivity index (χ3v) is 2.64. The van der Waals surface area contributed by atoms with Gasteiger partial charge < -0.3 is 10.1 Å². The molecule has 104 valence electrons. The molecule has 4 nitrogen and oxygen atoms in total. The first-order valence-electron chi connectivity index (χ1n) is 5.52. The topological polar surface area (TPSA) is 51.2 Å². The van der Waals surface area contributed by atoms with Gasteiger partial charge in [-0.1, -0.05) is 11.6 Å². The van der Waals surface area contributed by atoms with Crippen LogP contribution in [0.25, 0.3) is 0 Å². The van der Waals surface area contributed by atoms with Gasteiger partial charge in [0.15, 0.2) is 0 Å². The van der Waals surface area contributed by atoms with Crippen molar-refractivity contribution in [2.75, 3.05) is 5.32 Å². The van der Waals surface area contributed by atoms with Crippen LogP contribution in [0.4, 0.5) is 14.5 Å². The van der Waals surface area contributed by atoms with Gasteiger partial charge in [-0.05, 0) is 30.3 Å². The van der Waals surface area contributed by atoms with E-state index < -0.39 is 6.61 Å². The van der Waals surface area contributed by atoms with E-state index in [1.54, 1.807) is 12.1 Å². The number of amides is 1. The van der Waals surface area contributed by atoms with Crippen molar-refractivity contribution < 1.29 is 18.3 Å². The first-order valence-corrected chi connectivity index (χ1v) is 5.90. The number of aromatic nitrogens is 1. The lowest BCUT2D eigenvalue weighted by molar-refractivity contribution is -0.0497. The van der Waals surface area contributed by atoms with E-state index in [0.29, 0.717) is 11.3 Å². The van der Waals surface area contributed by atoms with Crippen molar-refractivity contribution in [3.8, 4) is 5.75 Å². The average Bonchev–Trinajstić information content (AvgIpc) is 2.42. The minimum absolute atomic E-state index is 0.0159. The molecule has 2 rings (SSSR count). The summed E-state index contributed by atoms with van der Waals surface area (Å²) >= 11 is 5.78. The monoisotopic (exact) mass is 298 g/mol. The minimum atomic E-state index is -2.95. The summed E-state index contributed by atoms with van der Waals surface area (Å²) in [5, 5.41) is 2.57. The van der Waals surface area contributed by atoms with Crippen molar-refractivity contribution in [2.24, 2.45) is 0 Å². The third-order valence-electron chi connectivity index (χ3n) is 2.35. The molecule has 0 fully saturated rings. The molecule has 0 saturated heterocycles. The summed E-state index contributed by atoms with van der Waals surface area (Å²) in [6.45, 7) is -2.95. The molecule has 0 saturated carbocycles. The highest BCUT2D eigenvalue weighted by Crippen LogP contribution is 2.29. The molecule has 1 amide bonds. The summed E-state index contributed by atoms with van der Waals surface area (Å²) in [7, 11) is 0. The molecule has 0 unspecified atom stereocenters. The van der Waals surface area contributed by atoms with Gasteiger partial charge in [0.2, 0.25) is 0 Å². The Bertz CT molecular complexity index is 609. The van der Waals surface area contributed by atoms with Crippen LogP contribution < -0.4 is 10.1 Å². The lowest BCUT2D eigenvalue weighted by atomic mass is 10.2. The van der Waals surface area contributed by atoms with Gasteiger partial charge in [-0.2, -0.15) is 8.78 Å². The number of alkyl halides is 2. The number of nitrogens with zero attached hydrogens (tertiary/aromatic N) is 1. The van der Waals surface area contributed by atoms with E-state index in [1.165, 1.54) is 30.6 Å². The molecule has 0 aliphatic rings. The van der Waals surface area contributed by atoms with Gasteiger partial charge in [0, 0.05) is 23.6 Å². The van der Waals surface area contributed by atoms with Crippen molar-refractivity contribution in [3.63, 3.8) is 0 Å². The Hall–Kier alpha value is -2.21. The van der Waals surface area contributed by atoms with Gasteiger partial charge in [-0.3, -0.25) is 9.78 Å². The van der Waals surface area contributed by atoms with Gasteiger partial charge in [0.25, 0.3) is 5.91 Å². The Balaban J connectivity index is 2.11. The molecule has 1 aromatic heterocycles. The second-order valence-corrected chi connectivity index (χ2v) is 4.12. The van der Waals surface area contributed by atoms with Crippen LogP contribution in [0.15, 0.2) is 42.7 Å². The summed E-state index contributed by atoms with van der Waals surface area (Å²) in [5.41, 5.74) is 0.794. The maximum Gasteiger partial charge on any atom is 0.387 e. The largest absolute Gasteiger partial charge is 0.433 e. The van der Waals surface area contributed by atoms with E-state index in [9.17, 15) is 13.6 Å². The van der Waals surface area contributed by atoms with Crippen molar-refractivity contribution in [2.45, 2.75) is 6.61 Å². The van der Waals surface area contributed by atoms with E-state index in [-0.39, 0.29) is 16.7 Å². The van der Waals surface area contributed by atoms with Gasteiger partial charge in [0.1, 0.15) is 5.75 Å². The Morgan fingerprint density at radius 1 is 1.25 bits per heavy atom. The third kappa shape index (κ3) is 3.64. The molecule has 0 aliphatic carbocycles. The van der Waals surface area contributed by atoms with E-state index in [4.69, 9.17) is 11.6 Å². The standard InChI is InChI=1S/C13H9ClF2N2O2/c14-10-7-9(1-2-11(10)20-13(15)16)18-12(19)8-3-5-17-6-4-8/h1-7,13H,(H,18,19). The predicted octanol–water partition coefficient (Wildman–Crippen LogP) is 3.59.